The van der Waals surface area contributed by atoms with Gasteiger partial charge in [0.2, 0.25) is 5.76 Å². The van der Waals surface area contributed by atoms with E-state index in [1.165, 1.54) is 0 Å². The zero-order valence-electron chi connectivity index (χ0n) is 19.1. The van der Waals surface area contributed by atoms with Gasteiger partial charge < -0.3 is 9.15 Å². The average Bonchev–Trinajstić information content (AvgIpc) is 3.21. The van der Waals surface area contributed by atoms with E-state index in [4.69, 9.17) is 9.15 Å². The second-order valence-electron chi connectivity index (χ2n) is 8.57. The molecule has 0 fully saturated rings. The Morgan fingerprint density at radius 3 is 2.36 bits per heavy atom. The molecule has 4 aromatic carbocycles. The number of para-hydroxylation sites is 1. The van der Waals surface area contributed by atoms with Crippen molar-refractivity contribution in [3.63, 3.8) is 0 Å². The van der Waals surface area contributed by atoms with Crippen LogP contribution in [0.25, 0.3) is 11.0 Å². The standard InChI is InChI=1S/C30H20BrNO4/c31-21-9-6-10-22(17-21)32-27(20-13-15-23(16-14-20)35-18-19-7-2-1-3-8-19)26-28(33)24-11-4-5-12-25(24)36-29(26)30(32)34/h1-17,27H,18H2. The van der Waals surface area contributed by atoms with Crippen LogP contribution in [0.5, 0.6) is 5.75 Å². The van der Waals surface area contributed by atoms with Crippen LogP contribution in [0, 0.1) is 0 Å². The minimum Gasteiger partial charge on any atom is -0.489 e. The lowest BCUT2D eigenvalue weighted by Gasteiger charge is -2.25. The second kappa shape index (κ2) is 9.13. The Bertz CT molecular complexity index is 1640. The Morgan fingerprint density at radius 2 is 1.58 bits per heavy atom. The van der Waals surface area contributed by atoms with Gasteiger partial charge in [0, 0.05) is 10.2 Å². The number of rotatable bonds is 5. The van der Waals surface area contributed by atoms with Gasteiger partial charge in [-0.2, -0.15) is 0 Å². The van der Waals surface area contributed by atoms with Gasteiger partial charge in [0.05, 0.1) is 17.0 Å². The Balaban J connectivity index is 1.44. The summed E-state index contributed by atoms with van der Waals surface area (Å²) in [5.74, 6) is 0.431. The van der Waals surface area contributed by atoms with Crippen molar-refractivity contribution in [2.45, 2.75) is 12.6 Å². The molecule has 1 aliphatic rings. The molecule has 5 aromatic rings. The van der Waals surface area contributed by atoms with Crippen LogP contribution in [0.4, 0.5) is 5.69 Å². The van der Waals surface area contributed by atoms with E-state index in [2.05, 4.69) is 15.9 Å². The van der Waals surface area contributed by atoms with Crippen LogP contribution in [0.1, 0.15) is 33.3 Å². The molecule has 1 atom stereocenters. The van der Waals surface area contributed by atoms with Crippen LogP contribution < -0.4 is 15.1 Å². The summed E-state index contributed by atoms with van der Waals surface area (Å²) in [4.78, 5) is 28.9. The molecule has 6 rings (SSSR count). The molecule has 6 heteroatoms. The summed E-state index contributed by atoms with van der Waals surface area (Å²) in [5, 5.41) is 0.452. The smallest absolute Gasteiger partial charge is 0.295 e. The number of anilines is 1. The molecule has 0 N–H and O–H groups in total. The molecule has 176 valence electrons. The van der Waals surface area contributed by atoms with Crippen LogP contribution in [0.3, 0.4) is 0 Å². The first-order valence-electron chi connectivity index (χ1n) is 11.5. The van der Waals surface area contributed by atoms with Gasteiger partial charge in [-0.1, -0.05) is 76.6 Å². The van der Waals surface area contributed by atoms with Crippen molar-refractivity contribution in [2.75, 3.05) is 4.90 Å². The summed E-state index contributed by atoms with van der Waals surface area (Å²) >= 11 is 3.50. The van der Waals surface area contributed by atoms with Gasteiger partial charge in [0.15, 0.2) is 5.43 Å². The maximum Gasteiger partial charge on any atom is 0.295 e. The Labute approximate surface area is 215 Å². The lowest BCUT2D eigenvalue weighted by atomic mass is 9.98. The molecule has 0 radical (unpaired) electrons. The first-order valence-corrected chi connectivity index (χ1v) is 12.3. The van der Waals surface area contributed by atoms with Gasteiger partial charge in [-0.05, 0) is 53.6 Å². The topological polar surface area (TPSA) is 59.8 Å². The summed E-state index contributed by atoms with van der Waals surface area (Å²) in [7, 11) is 0. The Hall–Kier alpha value is -4.16. The molecular formula is C30H20BrNO4. The van der Waals surface area contributed by atoms with Crippen LogP contribution in [-0.4, -0.2) is 5.91 Å². The van der Waals surface area contributed by atoms with Crippen LogP contribution in [0.15, 0.2) is 117 Å². The fourth-order valence-corrected chi connectivity index (χ4v) is 5.00. The van der Waals surface area contributed by atoms with Gasteiger partial charge in [-0.3, -0.25) is 14.5 Å². The maximum absolute atomic E-state index is 13.7. The largest absolute Gasteiger partial charge is 0.489 e. The van der Waals surface area contributed by atoms with Gasteiger partial charge in [0.1, 0.15) is 17.9 Å². The molecular weight excluding hydrogens is 518 g/mol. The van der Waals surface area contributed by atoms with Gasteiger partial charge in [0.25, 0.3) is 5.91 Å². The molecule has 36 heavy (non-hydrogen) atoms. The van der Waals surface area contributed by atoms with E-state index in [9.17, 15) is 9.59 Å². The number of ether oxygens (including phenoxy) is 1. The maximum atomic E-state index is 13.7. The number of hydrogen-bond acceptors (Lipinski definition) is 4. The van der Waals surface area contributed by atoms with Gasteiger partial charge >= 0.3 is 0 Å². The van der Waals surface area contributed by atoms with E-state index in [1.807, 2.05) is 78.9 Å². The van der Waals surface area contributed by atoms with Crippen molar-refractivity contribution >= 4 is 38.5 Å². The molecule has 0 aliphatic carbocycles. The fraction of sp³-hybridized carbons (Fsp3) is 0.0667. The zero-order chi connectivity index (χ0) is 24.6. The highest BCUT2D eigenvalue weighted by molar-refractivity contribution is 9.10. The Morgan fingerprint density at radius 1 is 0.833 bits per heavy atom. The van der Waals surface area contributed by atoms with Crippen molar-refractivity contribution in [3.8, 4) is 5.75 Å². The van der Waals surface area contributed by atoms with E-state index in [0.717, 1.165) is 15.6 Å². The van der Waals surface area contributed by atoms with E-state index in [1.54, 1.807) is 29.2 Å². The minimum atomic E-state index is -0.633. The highest BCUT2D eigenvalue weighted by atomic mass is 79.9. The van der Waals surface area contributed by atoms with Crippen LogP contribution in [0.2, 0.25) is 0 Å². The summed E-state index contributed by atoms with van der Waals surface area (Å²) in [5.41, 5.74) is 3.07. The minimum absolute atomic E-state index is 0.0769. The average molecular weight is 538 g/mol. The third-order valence-electron chi connectivity index (χ3n) is 6.31. The molecule has 2 heterocycles. The molecule has 0 spiro atoms. The van der Waals surface area contributed by atoms with Crippen molar-refractivity contribution in [1.82, 2.24) is 0 Å². The highest BCUT2D eigenvalue weighted by Crippen LogP contribution is 2.42. The lowest BCUT2D eigenvalue weighted by Crippen LogP contribution is -2.29. The summed E-state index contributed by atoms with van der Waals surface area (Å²) < 4.78 is 12.8. The summed E-state index contributed by atoms with van der Waals surface area (Å²) in [6, 6.07) is 31.3. The van der Waals surface area contributed by atoms with E-state index in [-0.39, 0.29) is 17.1 Å². The number of nitrogens with zero attached hydrogens (tertiary/aromatic N) is 1. The number of carbonyl (C=O) groups is 1. The summed E-state index contributed by atoms with van der Waals surface area (Å²) in [6.45, 7) is 0.449. The molecule has 1 aliphatic heterocycles. The number of hydrogen-bond donors (Lipinski definition) is 0. The predicted octanol–water partition coefficient (Wildman–Crippen LogP) is 6.88. The number of carbonyl (C=O) groups excluding carboxylic acids is 1. The molecule has 0 bridgehead atoms. The van der Waals surface area contributed by atoms with Crippen LogP contribution >= 0.6 is 15.9 Å². The monoisotopic (exact) mass is 537 g/mol. The lowest BCUT2D eigenvalue weighted by molar-refractivity contribution is 0.0971. The molecule has 0 saturated heterocycles. The van der Waals surface area contributed by atoms with E-state index in [0.29, 0.717) is 34.6 Å². The molecule has 5 nitrogen and oxygen atoms in total. The normalized spacial score (nSPS) is 14.8. The molecule has 1 amide bonds. The van der Waals surface area contributed by atoms with Gasteiger partial charge in [-0.25, -0.2) is 0 Å². The number of amides is 1. The van der Waals surface area contributed by atoms with Crippen molar-refractivity contribution < 1.29 is 13.9 Å². The molecule has 1 aromatic heterocycles. The van der Waals surface area contributed by atoms with Crippen molar-refractivity contribution in [2.24, 2.45) is 0 Å². The molecule has 1 unspecified atom stereocenters. The first kappa shape index (κ1) is 22.3. The number of benzene rings is 4. The molecule has 0 saturated carbocycles. The van der Waals surface area contributed by atoms with Crippen molar-refractivity contribution in [1.29, 1.82) is 0 Å². The first-order chi connectivity index (χ1) is 17.6. The van der Waals surface area contributed by atoms with E-state index < -0.39 is 6.04 Å². The quantitative estimate of drug-likeness (QED) is 0.245. The third kappa shape index (κ3) is 3.89. The predicted molar refractivity (Wildman–Crippen MR) is 142 cm³/mol. The highest BCUT2D eigenvalue weighted by Gasteiger charge is 2.43. The second-order valence-corrected chi connectivity index (χ2v) is 9.49. The summed E-state index contributed by atoms with van der Waals surface area (Å²) in [6.07, 6.45) is 0. The number of fused-ring (bicyclic) bond motifs is 2. The van der Waals surface area contributed by atoms with E-state index >= 15 is 0 Å². The fourth-order valence-electron chi connectivity index (χ4n) is 4.61. The Kier molecular flexibility index (Phi) is 5.66. The zero-order valence-corrected chi connectivity index (χ0v) is 20.6. The van der Waals surface area contributed by atoms with Crippen LogP contribution in [-0.2, 0) is 6.61 Å². The number of halogens is 1. The van der Waals surface area contributed by atoms with Crippen molar-refractivity contribution in [3.05, 3.63) is 140 Å². The SMILES string of the molecule is O=C1c2oc3ccccc3c(=O)c2C(c2ccc(OCc3ccccc3)cc2)N1c1cccc(Br)c1. The third-order valence-corrected chi connectivity index (χ3v) is 6.80. The van der Waals surface area contributed by atoms with Gasteiger partial charge in [-0.15, -0.1) is 0 Å².